The van der Waals surface area contributed by atoms with Crippen molar-refractivity contribution >= 4 is 33.2 Å². The number of benzene rings is 1. The average molecular weight is 335 g/mol. The Balaban J connectivity index is 2.20. The molecule has 1 N–H and O–H groups in total. The number of fused-ring (bicyclic) bond motifs is 1. The van der Waals surface area contributed by atoms with E-state index in [2.05, 4.69) is 9.97 Å². The van der Waals surface area contributed by atoms with Crippen LogP contribution < -0.4 is 10.3 Å². The third-order valence-corrected chi connectivity index (χ3v) is 4.62. The Hall–Kier alpha value is -1.85. The molecule has 0 aliphatic rings. The lowest BCUT2D eigenvalue weighted by atomic mass is 10.0. The van der Waals surface area contributed by atoms with Crippen LogP contribution in [-0.4, -0.2) is 17.1 Å². The minimum atomic E-state index is -0.328. The number of halogens is 1. The zero-order valence-electron chi connectivity index (χ0n) is 12.4. The molecule has 0 saturated heterocycles. The van der Waals surface area contributed by atoms with E-state index >= 15 is 0 Å². The summed E-state index contributed by atoms with van der Waals surface area (Å²) in [7, 11) is 1.64. The molecule has 1 unspecified atom stereocenters. The van der Waals surface area contributed by atoms with Gasteiger partial charge in [0, 0.05) is 10.9 Å². The smallest absolute Gasteiger partial charge is 0.260 e. The molecule has 1 atom stereocenters. The zero-order chi connectivity index (χ0) is 15.9. The standard InChI is InChI=1S/C16H15ClN2O2S/c1-8-6-10(4-5-12(8)21-3)11-7-22-16-13(11)15(20)18-14(19-16)9(2)17/h4-7,9H,1-3H3,(H,18,19,20). The summed E-state index contributed by atoms with van der Waals surface area (Å²) in [6, 6.07) is 5.87. The first-order valence-corrected chi connectivity index (χ1v) is 8.13. The van der Waals surface area contributed by atoms with Crippen LogP contribution in [0.1, 0.15) is 23.7 Å². The topological polar surface area (TPSA) is 55.0 Å². The van der Waals surface area contributed by atoms with Gasteiger partial charge in [0.15, 0.2) is 0 Å². The van der Waals surface area contributed by atoms with Crippen molar-refractivity contribution in [2.24, 2.45) is 0 Å². The van der Waals surface area contributed by atoms with Crippen LogP contribution in [0.5, 0.6) is 5.75 Å². The van der Waals surface area contributed by atoms with Crippen LogP contribution in [0.3, 0.4) is 0 Å². The fraction of sp³-hybridized carbons (Fsp3) is 0.250. The molecule has 2 heterocycles. The lowest BCUT2D eigenvalue weighted by molar-refractivity contribution is 0.412. The number of hydrogen-bond acceptors (Lipinski definition) is 4. The van der Waals surface area contributed by atoms with Crippen LogP contribution in [0.25, 0.3) is 21.3 Å². The van der Waals surface area contributed by atoms with Crippen molar-refractivity contribution < 1.29 is 4.74 Å². The van der Waals surface area contributed by atoms with Crippen LogP contribution in [0.2, 0.25) is 0 Å². The largest absolute Gasteiger partial charge is 0.496 e. The van der Waals surface area contributed by atoms with Crippen LogP contribution >= 0.6 is 22.9 Å². The molecule has 6 heteroatoms. The normalized spacial score (nSPS) is 12.5. The number of ether oxygens (including phenoxy) is 1. The molecule has 0 radical (unpaired) electrons. The molecule has 2 aromatic heterocycles. The van der Waals surface area contributed by atoms with Crippen molar-refractivity contribution in [3.05, 3.63) is 45.3 Å². The van der Waals surface area contributed by atoms with Gasteiger partial charge in [0.2, 0.25) is 0 Å². The first kappa shape index (κ1) is 15.1. The number of nitrogens with zero attached hydrogens (tertiary/aromatic N) is 1. The maximum Gasteiger partial charge on any atom is 0.260 e. The Labute approximate surface area is 136 Å². The molecule has 4 nitrogen and oxygen atoms in total. The van der Waals surface area contributed by atoms with E-state index in [-0.39, 0.29) is 10.9 Å². The number of rotatable bonds is 3. The van der Waals surface area contributed by atoms with Gasteiger partial charge in [-0.2, -0.15) is 0 Å². The summed E-state index contributed by atoms with van der Waals surface area (Å²) >= 11 is 7.46. The minimum Gasteiger partial charge on any atom is -0.496 e. The quantitative estimate of drug-likeness (QED) is 0.728. The Kier molecular flexibility index (Phi) is 3.93. The number of methoxy groups -OCH3 is 1. The van der Waals surface area contributed by atoms with E-state index in [4.69, 9.17) is 16.3 Å². The zero-order valence-corrected chi connectivity index (χ0v) is 14.0. The molecule has 22 heavy (non-hydrogen) atoms. The number of nitrogens with one attached hydrogen (secondary N) is 1. The van der Waals surface area contributed by atoms with Gasteiger partial charge in [0.25, 0.3) is 5.56 Å². The van der Waals surface area contributed by atoms with Gasteiger partial charge < -0.3 is 9.72 Å². The van der Waals surface area contributed by atoms with E-state index in [0.29, 0.717) is 16.0 Å². The Bertz CT molecular complexity index is 899. The highest BCUT2D eigenvalue weighted by Gasteiger charge is 2.15. The van der Waals surface area contributed by atoms with Crippen LogP contribution in [0, 0.1) is 6.92 Å². The van der Waals surface area contributed by atoms with Crippen molar-refractivity contribution in [3.8, 4) is 16.9 Å². The predicted octanol–water partition coefficient (Wildman–Crippen LogP) is 4.27. The number of aromatic nitrogens is 2. The van der Waals surface area contributed by atoms with Crippen molar-refractivity contribution in [1.82, 2.24) is 9.97 Å². The third kappa shape index (κ3) is 2.51. The number of H-pyrrole nitrogens is 1. The monoisotopic (exact) mass is 334 g/mol. The predicted molar refractivity (Wildman–Crippen MR) is 91.2 cm³/mol. The molecular weight excluding hydrogens is 320 g/mol. The second-order valence-corrected chi connectivity index (χ2v) is 6.59. The van der Waals surface area contributed by atoms with Crippen molar-refractivity contribution in [2.45, 2.75) is 19.2 Å². The molecular formula is C16H15ClN2O2S. The van der Waals surface area contributed by atoms with Crippen LogP contribution in [0.4, 0.5) is 0 Å². The summed E-state index contributed by atoms with van der Waals surface area (Å²) in [5.41, 5.74) is 2.73. The van der Waals surface area contributed by atoms with Crippen LogP contribution in [-0.2, 0) is 0 Å². The van der Waals surface area contributed by atoms with E-state index in [1.165, 1.54) is 11.3 Å². The number of thiophene rings is 1. The minimum absolute atomic E-state index is 0.155. The Morgan fingerprint density at radius 3 is 2.82 bits per heavy atom. The molecule has 0 saturated carbocycles. The summed E-state index contributed by atoms with van der Waals surface area (Å²) in [4.78, 5) is 20.3. The maximum atomic E-state index is 12.4. The van der Waals surface area contributed by atoms with E-state index in [9.17, 15) is 4.79 Å². The Morgan fingerprint density at radius 2 is 2.18 bits per heavy atom. The highest BCUT2D eigenvalue weighted by Crippen LogP contribution is 2.33. The van der Waals surface area contributed by atoms with Gasteiger partial charge in [-0.25, -0.2) is 4.98 Å². The molecule has 1 aromatic carbocycles. The number of hydrogen-bond donors (Lipinski definition) is 1. The average Bonchev–Trinajstić information content (AvgIpc) is 2.91. The molecule has 3 rings (SSSR count). The van der Waals surface area contributed by atoms with Crippen molar-refractivity contribution in [3.63, 3.8) is 0 Å². The van der Waals surface area contributed by atoms with Gasteiger partial charge in [-0.15, -0.1) is 22.9 Å². The molecule has 0 fully saturated rings. The molecule has 3 aromatic rings. The van der Waals surface area contributed by atoms with Gasteiger partial charge in [-0.1, -0.05) is 6.07 Å². The fourth-order valence-electron chi connectivity index (χ4n) is 2.41. The lowest BCUT2D eigenvalue weighted by Crippen LogP contribution is -2.11. The third-order valence-electron chi connectivity index (χ3n) is 3.54. The SMILES string of the molecule is COc1ccc(-c2csc3nc(C(C)Cl)[nH]c(=O)c23)cc1C. The second-order valence-electron chi connectivity index (χ2n) is 5.08. The summed E-state index contributed by atoms with van der Waals surface area (Å²) in [6.45, 7) is 3.76. The van der Waals surface area contributed by atoms with Gasteiger partial charge in [0.05, 0.1) is 17.9 Å². The molecule has 114 valence electrons. The number of aromatic amines is 1. The lowest BCUT2D eigenvalue weighted by Gasteiger charge is -2.07. The van der Waals surface area contributed by atoms with E-state index < -0.39 is 0 Å². The van der Waals surface area contributed by atoms with Crippen molar-refractivity contribution in [1.29, 1.82) is 0 Å². The summed E-state index contributed by atoms with van der Waals surface area (Å²) in [6.07, 6.45) is 0. The van der Waals surface area contributed by atoms with E-state index in [1.807, 2.05) is 30.5 Å². The summed E-state index contributed by atoms with van der Waals surface area (Å²) < 4.78 is 5.28. The first-order chi connectivity index (χ1) is 10.5. The van der Waals surface area contributed by atoms with Gasteiger partial charge >= 0.3 is 0 Å². The maximum absolute atomic E-state index is 12.4. The number of alkyl halides is 1. The van der Waals surface area contributed by atoms with Gasteiger partial charge in [-0.05, 0) is 37.1 Å². The molecule has 0 aliphatic heterocycles. The molecule has 0 bridgehead atoms. The molecule has 0 amide bonds. The first-order valence-electron chi connectivity index (χ1n) is 6.81. The fourth-order valence-corrected chi connectivity index (χ4v) is 3.47. The highest BCUT2D eigenvalue weighted by molar-refractivity contribution is 7.17. The highest BCUT2D eigenvalue weighted by atomic mass is 35.5. The van der Waals surface area contributed by atoms with Crippen molar-refractivity contribution in [2.75, 3.05) is 7.11 Å². The Morgan fingerprint density at radius 1 is 1.41 bits per heavy atom. The molecule has 0 aliphatic carbocycles. The van der Waals surface area contributed by atoms with E-state index in [0.717, 1.165) is 22.4 Å². The van der Waals surface area contributed by atoms with Gasteiger partial charge in [-0.3, -0.25) is 4.79 Å². The van der Waals surface area contributed by atoms with Crippen LogP contribution in [0.15, 0.2) is 28.4 Å². The van der Waals surface area contributed by atoms with E-state index in [1.54, 1.807) is 14.0 Å². The molecule has 0 spiro atoms. The second kappa shape index (κ2) is 5.74. The summed E-state index contributed by atoms with van der Waals surface area (Å²) in [5, 5.41) is 2.23. The van der Waals surface area contributed by atoms with Gasteiger partial charge in [0.1, 0.15) is 16.4 Å². The number of aryl methyl sites for hydroxylation is 1. The summed E-state index contributed by atoms with van der Waals surface area (Å²) in [5.74, 6) is 1.33.